The standard InChI is InChI=1S/C9H6N2O/c10-11-8-5-9(12)7-4-2-1-3-6(7)8/h1-4H,5H2. The van der Waals surface area contributed by atoms with Crippen molar-refractivity contribution < 1.29 is 9.58 Å². The van der Waals surface area contributed by atoms with E-state index in [1.54, 1.807) is 18.2 Å². The van der Waals surface area contributed by atoms with Gasteiger partial charge >= 0.3 is 5.71 Å². The maximum absolute atomic E-state index is 11.2. The third kappa shape index (κ3) is 0.807. The Morgan fingerprint density at radius 1 is 1.25 bits per heavy atom. The number of carbonyl (C=O) groups excluding carboxylic acids is 1. The Labute approximate surface area is 69.3 Å². The highest BCUT2D eigenvalue weighted by Crippen LogP contribution is 2.20. The van der Waals surface area contributed by atoms with E-state index >= 15 is 0 Å². The van der Waals surface area contributed by atoms with E-state index in [1.165, 1.54) is 0 Å². The van der Waals surface area contributed by atoms with E-state index in [4.69, 9.17) is 5.53 Å². The van der Waals surface area contributed by atoms with Crippen LogP contribution in [0.1, 0.15) is 22.3 Å². The van der Waals surface area contributed by atoms with Crippen molar-refractivity contribution >= 4 is 11.5 Å². The Hall–Kier alpha value is -1.73. The molecule has 3 heteroatoms. The summed E-state index contributed by atoms with van der Waals surface area (Å²) in [6.07, 6.45) is 0.218. The number of ketones is 1. The largest absolute Gasteiger partial charge is 0.361 e. The van der Waals surface area contributed by atoms with Crippen molar-refractivity contribution in [2.24, 2.45) is 0 Å². The summed E-state index contributed by atoms with van der Waals surface area (Å²) >= 11 is 0. The molecule has 0 heterocycles. The molecule has 0 spiro atoms. The van der Waals surface area contributed by atoms with E-state index in [0.29, 0.717) is 11.3 Å². The van der Waals surface area contributed by atoms with Crippen LogP contribution in [0.4, 0.5) is 0 Å². The Kier molecular flexibility index (Phi) is 1.39. The van der Waals surface area contributed by atoms with Gasteiger partial charge in [-0.05, 0) is 6.07 Å². The highest BCUT2D eigenvalue weighted by molar-refractivity contribution is 6.24. The van der Waals surface area contributed by atoms with Gasteiger partial charge in [-0.1, -0.05) is 18.2 Å². The van der Waals surface area contributed by atoms with Gasteiger partial charge in [-0.2, -0.15) is 4.79 Å². The summed E-state index contributed by atoms with van der Waals surface area (Å²) in [6.45, 7) is 0. The number of fused-ring (bicyclic) bond motifs is 1. The zero-order valence-electron chi connectivity index (χ0n) is 6.32. The second-order valence-corrected chi connectivity index (χ2v) is 2.69. The number of hydrogen-bond donors (Lipinski definition) is 0. The van der Waals surface area contributed by atoms with Crippen LogP contribution in [-0.4, -0.2) is 16.3 Å². The normalized spacial score (nSPS) is 14.3. The van der Waals surface area contributed by atoms with Crippen LogP contribution >= 0.6 is 0 Å². The molecule has 0 N–H and O–H groups in total. The molecule has 0 fully saturated rings. The fraction of sp³-hybridized carbons (Fsp3) is 0.111. The molecular formula is C9H6N2O. The van der Waals surface area contributed by atoms with Crippen LogP contribution in [0, 0.1) is 0 Å². The number of hydrogen-bond acceptors (Lipinski definition) is 1. The highest BCUT2D eigenvalue weighted by atomic mass is 16.1. The van der Waals surface area contributed by atoms with Crippen molar-refractivity contribution in [3.63, 3.8) is 0 Å². The molecule has 1 aliphatic carbocycles. The average Bonchev–Trinajstić information content (AvgIpc) is 2.44. The van der Waals surface area contributed by atoms with E-state index in [2.05, 4.69) is 4.79 Å². The predicted molar refractivity (Wildman–Crippen MR) is 43.1 cm³/mol. The number of carbonyl (C=O) groups is 1. The van der Waals surface area contributed by atoms with Gasteiger partial charge in [0, 0.05) is 5.56 Å². The van der Waals surface area contributed by atoms with E-state index in [0.717, 1.165) is 5.56 Å². The van der Waals surface area contributed by atoms with Gasteiger partial charge in [0.1, 0.15) is 6.42 Å². The molecule has 1 aliphatic rings. The maximum atomic E-state index is 11.2. The van der Waals surface area contributed by atoms with Gasteiger partial charge in [-0.25, -0.2) is 0 Å². The molecule has 0 bridgehead atoms. The summed E-state index contributed by atoms with van der Waals surface area (Å²) < 4.78 is 0. The molecule has 0 amide bonds. The first-order chi connectivity index (χ1) is 5.83. The van der Waals surface area contributed by atoms with Crippen LogP contribution in [-0.2, 0) is 0 Å². The average molecular weight is 158 g/mol. The highest BCUT2D eigenvalue weighted by Gasteiger charge is 2.30. The van der Waals surface area contributed by atoms with E-state index in [-0.39, 0.29) is 12.2 Å². The number of Topliss-reactive ketones (excluding diaryl/α,β-unsaturated/α-hetero) is 1. The number of rotatable bonds is 0. The third-order valence-corrected chi connectivity index (χ3v) is 1.99. The van der Waals surface area contributed by atoms with Crippen LogP contribution < -0.4 is 0 Å². The van der Waals surface area contributed by atoms with E-state index < -0.39 is 0 Å². The molecule has 0 aromatic heterocycles. The van der Waals surface area contributed by atoms with Crippen LogP contribution in [0.5, 0.6) is 0 Å². The fourth-order valence-electron chi connectivity index (χ4n) is 1.41. The first kappa shape index (κ1) is 6.95. The van der Waals surface area contributed by atoms with Crippen LogP contribution in [0.2, 0.25) is 0 Å². The Balaban J connectivity index is 2.73. The number of benzene rings is 1. The van der Waals surface area contributed by atoms with Gasteiger partial charge in [0.05, 0.1) is 5.56 Å². The maximum Gasteiger partial charge on any atom is 0.307 e. The minimum atomic E-state index is 0.0263. The molecule has 0 saturated heterocycles. The van der Waals surface area contributed by atoms with Gasteiger partial charge in [-0.3, -0.25) is 4.79 Å². The molecule has 12 heavy (non-hydrogen) atoms. The smallest absolute Gasteiger partial charge is 0.307 e. The second-order valence-electron chi connectivity index (χ2n) is 2.69. The summed E-state index contributed by atoms with van der Waals surface area (Å²) in [5.41, 5.74) is 10.4. The summed E-state index contributed by atoms with van der Waals surface area (Å²) in [5.74, 6) is 0.0263. The molecule has 2 rings (SSSR count). The molecule has 3 nitrogen and oxygen atoms in total. The fourth-order valence-corrected chi connectivity index (χ4v) is 1.41. The molecule has 0 saturated carbocycles. The first-order valence-corrected chi connectivity index (χ1v) is 3.66. The van der Waals surface area contributed by atoms with Gasteiger partial charge in [-0.15, -0.1) is 0 Å². The van der Waals surface area contributed by atoms with Crippen molar-refractivity contribution in [1.82, 2.24) is 0 Å². The van der Waals surface area contributed by atoms with Gasteiger partial charge in [0.2, 0.25) is 0 Å². The summed E-state index contributed by atoms with van der Waals surface area (Å²) in [4.78, 5) is 14.3. The second kappa shape index (κ2) is 2.40. The van der Waals surface area contributed by atoms with Gasteiger partial charge < -0.3 is 5.53 Å². The van der Waals surface area contributed by atoms with Crippen LogP contribution in [0.15, 0.2) is 24.3 Å². The minimum Gasteiger partial charge on any atom is -0.361 e. The third-order valence-electron chi connectivity index (χ3n) is 1.99. The number of nitrogens with zero attached hydrogens (tertiary/aromatic N) is 2. The van der Waals surface area contributed by atoms with Crippen molar-refractivity contribution in [3.05, 3.63) is 40.9 Å². The summed E-state index contributed by atoms with van der Waals surface area (Å²) in [6, 6.07) is 7.16. The van der Waals surface area contributed by atoms with Gasteiger partial charge in [0.25, 0.3) is 0 Å². The Bertz CT molecular complexity index is 403. The zero-order chi connectivity index (χ0) is 8.55. The quantitative estimate of drug-likeness (QED) is 0.414. The van der Waals surface area contributed by atoms with Crippen LogP contribution in [0.25, 0.3) is 5.53 Å². The Morgan fingerprint density at radius 3 is 2.58 bits per heavy atom. The lowest BCUT2D eigenvalue weighted by molar-refractivity contribution is -0.00571. The van der Waals surface area contributed by atoms with E-state index in [1.807, 2.05) is 6.07 Å². The SMILES string of the molecule is [N-]=[N+]=C1CC(=O)c2ccccc21. The summed E-state index contributed by atoms with van der Waals surface area (Å²) in [7, 11) is 0. The lowest BCUT2D eigenvalue weighted by Gasteiger charge is -1.89. The van der Waals surface area contributed by atoms with Crippen LogP contribution in [0.3, 0.4) is 0 Å². The molecule has 1 aromatic carbocycles. The van der Waals surface area contributed by atoms with Crippen molar-refractivity contribution in [2.75, 3.05) is 0 Å². The molecular weight excluding hydrogens is 152 g/mol. The molecule has 0 atom stereocenters. The zero-order valence-corrected chi connectivity index (χ0v) is 6.32. The first-order valence-electron chi connectivity index (χ1n) is 3.66. The Morgan fingerprint density at radius 2 is 1.92 bits per heavy atom. The topological polar surface area (TPSA) is 53.5 Å². The van der Waals surface area contributed by atoms with Crippen molar-refractivity contribution in [1.29, 1.82) is 0 Å². The molecule has 58 valence electrons. The van der Waals surface area contributed by atoms with Crippen molar-refractivity contribution in [3.8, 4) is 0 Å². The molecule has 0 radical (unpaired) electrons. The minimum absolute atomic E-state index is 0.0263. The monoisotopic (exact) mass is 158 g/mol. The molecule has 1 aromatic rings. The molecule has 0 aliphatic heterocycles. The summed E-state index contributed by atoms with van der Waals surface area (Å²) in [5, 5.41) is 0. The predicted octanol–water partition coefficient (Wildman–Crippen LogP) is 1.29. The van der Waals surface area contributed by atoms with Crippen molar-refractivity contribution in [2.45, 2.75) is 6.42 Å². The lowest BCUT2D eigenvalue weighted by atomic mass is 10.1. The lowest BCUT2D eigenvalue weighted by Crippen LogP contribution is -1.95. The van der Waals surface area contributed by atoms with E-state index in [9.17, 15) is 4.79 Å². The molecule has 0 unspecified atom stereocenters. The van der Waals surface area contributed by atoms with Gasteiger partial charge in [0.15, 0.2) is 5.78 Å².